The number of nitrogens with one attached hydrogen (secondary N) is 1. The molecule has 0 heterocycles. The van der Waals surface area contributed by atoms with E-state index >= 15 is 0 Å². The summed E-state index contributed by atoms with van der Waals surface area (Å²) in [5.74, 6) is -0.753. The number of unbranched alkanes of at least 4 members (excludes halogenated alkanes) is 1. The largest absolute Gasteiger partial charge is 0.544 e. The lowest BCUT2D eigenvalue weighted by molar-refractivity contribution is -0.687. The lowest BCUT2D eigenvalue weighted by Crippen LogP contribution is -2.94. The Morgan fingerprint density at radius 3 is 2.65 bits per heavy atom. The highest BCUT2D eigenvalue weighted by Crippen LogP contribution is 2.27. The van der Waals surface area contributed by atoms with E-state index < -0.39 is 17.9 Å². The summed E-state index contributed by atoms with van der Waals surface area (Å²) in [5, 5.41) is 16.2. The van der Waals surface area contributed by atoms with Crippen LogP contribution in [0.1, 0.15) is 46.0 Å². The summed E-state index contributed by atoms with van der Waals surface area (Å²) in [6, 6.07) is 3.93. The normalized spacial score (nSPS) is 13.1. The maximum Gasteiger partial charge on any atom is 0.230 e. The van der Waals surface area contributed by atoms with Gasteiger partial charge >= 0.3 is 0 Å². The number of ether oxygens (including phenoxy) is 1. The number of rotatable bonds is 12. The average molecular weight is 385 g/mol. The number of hydrogen-bond acceptors (Lipinski definition) is 4. The molecule has 0 saturated heterocycles. The fourth-order valence-corrected chi connectivity index (χ4v) is 2.95. The lowest BCUT2D eigenvalue weighted by atomic mass is 9.99. The van der Waals surface area contributed by atoms with Crippen molar-refractivity contribution in [1.82, 2.24) is 0 Å². The van der Waals surface area contributed by atoms with Crippen LogP contribution < -0.4 is 20.5 Å². The number of benzene rings is 1. The number of hydrogen-bond donors (Lipinski definition) is 2. The molecule has 1 rings (SSSR count). The standard InChI is InChI=1S/C19H29ClN2O4/c1-4-6-7-13(5-2)12-21-16(19(24)25)11-18(23)22-15-10-14(20)8-9-17(15)26-3/h8-10,13,16,21H,4-7,11-12H2,1-3H3,(H,22,23)(H,24,25)/t13-,16-/m0/s1. The van der Waals surface area contributed by atoms with Gasteiger partial charge in [-0.05, 0) is 31.0 Å². The van der Waals surface area contributed by atoms with Crippen molar-refractivity contribution in [1.29, 1.82) is 0 Å². The molecule has 0 saturated carbocycles. The Kier molecular flexibility index (Phi) is 10.1. The number of carbonyl (C=O) groups excluding carboxylic acids is 2. The smallest absolute Gasteiger partial charge is 0.230 e. The summed E-state index contributed by atoms with van der Waals surface area (Å²) in [7, 11) is 1.48. The number of carboxylic acid groups (broad SMARTS) is 1. The van der Waals surface area contributed by atoms with E-state index in [0.29, 0.717) is 28.9 Å². The fraction of sp³-hybridized carbons (Fsp3) is 0.579. The molecule has 0 aliphatic rings. The van der Waals surface area contributed by atoms with Crippen LogP contribution in [0.5, 0.6) is 5.75 Å². The van der Waals surface area contributed by atoms with E-state index in [9.17, 15) is 14.7 Å². The molecular weight excluding hydrogens is 356 g/mol. The van der Waals surface area contributed by atoms with Gasteiger partial charge < -0.3 is 25.3 Å². The first-order valence-corrected chi connectivity index (χ1v) is 9.46. The summed E-state index contributed by atoms with van der Waals surface area (Å²) >= 11 is 5.94. The van der Waals surface area contributed by atoms with Gasteiger partial charge in [0.1, 0.15) is 11.8 Å². The highest BCUT2D eigenvalue weighted by atomic mass is 35.5. The van der Waals surface area contributed by atoms with Crippen molar-refractivity contribution in [3.8, 4) is 5.75 Å². The number of carbonyl (C=O) groups is 2. The number of halogens is 1. The second-order valence-electron chi connectivity index (χ2n) is 6.41. The minimum atomic E-state index is -1.23. The van der Waals surface area contributed by atoms with Gasteiger partial charge in [0, 0.05) is 10.9 Å². The molecule has 2 atom stereocenters. The van der Waals surface area contributed by atoms with Gasteiger partial charge in [0.2, 0.25) is 5.91 Å². The Hall–Kier alpha value is -1.79. The average Bonchev–Trinajstić information content (AvgIpc) is 2.60. The lowest BCUT2D eigenvalue weighted by Gasteiger charge is -2.20. The highest BCUT2D eigenvalue weighted by molar-refractivity contribution is 6.31. The molecule has 0 spiro atoms. The number of methoxy groups -OCH3 is 1. The molecule has 0 fully saturated rings. The molecule has 7 heteroatoms. The topological polar surface area (TPSA) is 95.1 Å². The van der Waals surface area contributed by atoms with E-state index in [1.54, 1.807) is 23.5 Å². The van der Waals surface area contributed by atoms with Crippen LogP contribution in [0.15, 0.2) is 18.2 Å². The first-order valence-electron chi connectivity index (χ1n) is 9.08. The van der Waals surface area contributed by atoms with E-state index in [1.807, 2.05) is 0 Å². The van der Waals surface area contributed by atoms with Crippen LogP contribution in [0.3, 0.4) is 0 Å². The Morgan fingerprint density at radius 1 is 1.35 bits per heavy atom. The molecule has 1 aromatic rings. The van der Waals surface area contributed by atoms with Crippen LogP contribution >= 0.6 is 11.6 Å². The van der Waals surface area contributed by atoms with Gasteiger partial charge in [0.15, 0.2) is 0 Å². The molecule has 0 unspecified atom stereocenters. The first-order chi connectivity index (χ1) is 12.4. The quantitative estimate of drug-likeness (QED) is 0.572. The summed E-state index contributed by atoms with van der Waals surface area (Å²) in [6.07, 6.45) is 4.11. The maximum absolute atomic E-state index is 12.3. The Balaban J connectivity index is 2.65. The third kappa shape index (κ3) is 7.62. The fourth-order valence-electron chi connectivity index (χ4n) is 2.78. The van der Waals surface area contributed by atoms with E-state index in [4.69, 9.17) is 16.3 Å². The zero-order valence-corrected chi connectivity index (χ0v) is 16.5. The molecule has 1 aromatic carbocycles. The van der Waals surface area contributed by atoms with Crippen LogP contribution in [0.2, 0.25) is 5.02 Å². The van der Waals surface area contributed by atoms with Crippen molar-refractivity contribution in [3.05, 3.63) is 23.2 Å². The molecule has 0 aliphatic heterocycles. The number of anilines is 1. The molecule has 0 radical (unpaired) electrons. The third-order valence-corrected chi connectivity index (χ3v) is 4.68. The van der Waals surface area contributed by atoms with Crippen molar-refractivity contribution in [3.63, 3.8) is 0 Å². The number of carboxylic acids is 1. The molecule has 0 aliphatic carbocycles. The molecular formula is C19H29ClN2O4. The zero-order valence-electron chi connectivity index (χ0n) is 15.7. The predicted octanol–water partition coefficient (Wildman–Crippen LogP) is 1.58. The second-order valence-corrected chi connectivity index (χ2v) is 6.85. The van der Waals surface area contributed by atoms with Crippen molar-refractivity contribution in [2.24, 2.45) is 5.92 Å². The number of nitrogens with two attached hydrogens (primary N) is 1. The SMILES string of the molecule is CCCC[C@H](CC)C[NH2+][C@@H](CC(=O)Nc1cc(Cl)ccc1OC)C(=O)[O-]. The van der Waals surface area contributed by atoms with Crippen molar-refractivity contribution in [2.45, 2.75) is 52.0 Å². The Bertz CT molecular complexity index is 595. The zero-order chi connectivity index (χ0) is 19.5. The molecule has 6 nitrogen and oxygen atoms in total. The first kappa shape index (κ1) is 22.3. The van der Waals surface area contributed by atoms with Gasteiger partial charge in [-0.25, -0.2) is 0 Å². The van der Waals surface area contributed by atoms with Crippen LogP contribution in [-0.2, 0) is 9.59 Å². The monoisotopic (exact) mass is 384 g/mol. The summed E-state index contributed by atoms with van der Waals surface area (Å²) in [6.45, 7) is 4.90. The Labute approximate surface area is 160 Å². The Morgan fingerprint density at radius 2 is 2.08 bits per heavy atom. The number of amides is 1. The van der Waals surface area contributed by atoms with Gasteiger partial charge in [-0.2, -0.15) is 0 Å². The number of aliphatic carboxylic acids is 1. The van der Waals surface area contributed by atoms with Crippen molar-refractivity contribution < 1.29 is 24.7 Å². The van der Waals surface area contributed by atoms with Crippen LogP contribution in [0.25, 0.3) is 0 Å². The van der Waals surface area contributed by atoms with Crippen LogP contribution in [-0.4, -0.2) is 31.6 Å². The van der Waals surface area contributed by atoms with Gasteiger partial charge in [0.25, 0.3) is 0 Å². The van der Waals surface area contributed by atoms with Gasteiger partial charge in [0.05, 0.1) is 31.7 Å². The predicted molar refractivity (Wildman–Crippen MR) is 100 cm³/mol. The van der Waals surface area contributed by atoms with E-state index in [0.717, 1.165) is 25.7 Å². The molecule has 0 bridgehead atoms. The van der Waals surface area contributed by atoms with Crippen LogP contribution in [0.4, 0.5) is 5.69 Å². The van der Waals surface area contributed by atoms with E-state index in [-0.39, 0.29) is 6.42 Å². The summed E-state index contributed by atoms with van der Waals surface area (Å²) in [4.78, 5) is 23.7. The molecule has 146 valence electrons. The highest BCUT2D eigenvalue weighted by Gasteiger charge is 2.21. The maximum atomic E-state index is 12.3. The minimum Gasteiger partial charge on any atom is -0.544 e. The molecule has 3 N–H and O–H groups in total. The van der Waals surface area contributed by atoms with Crippen molar-refractivity contribution in [2.75, 3.05) is 19.0 Å². The van der Waals surface area contributed by atoms with Crippen LogP contribution in [0, 0.1) is 5.92 Å². The van der Waals surface area contributed by atoms with Gasteiger partial charge in [-0.1, -0.05) is 38.3 Å². The van der Waals surface area contributed by atoms with E-state index in [2.05, 4.69) is 19.2 Å². The van der Waals surface area contributed by atoms with E-state index in [1.165, 1.54) is 7.11 Å². The molecule has 26 heavy (non-hydrogen) atoms. The second kappa shape index (κ2) is 11.8. The van der Waals surface area contributed by atoms with Gasteiger partial charge in [-0.3, -0.25) is 4.79 Å². The summed E-state index contributed by atoms with van der Waals surface area (Å²) < 4.78 is 5.17. The molecule has 0 aromatic heterocycles. The van der Waals surface area contributed by atoms with Crippen molar-refractivity contribution >= 4 is 29.2 Å². The minimum absolute atomic E-state index is 0.178. The van der Waals surface area contributed by atoms with Gasteiger partial charge in [-0.15, -0.1) is 0 Å². The summed E-state index contributed by atoms with van der Waals surface area (Å²) in [5.41, 5.74) is 0.413. The molecule has 1 amide bonds. The number of quaternary nitrogens is 1. The third-order valence-electron chi connectivity index (χ3n) is 4.44.